The van der Waals surface area contributed by atoms with Crippen molar-refractivity contribution in [2.45, 2.75) is 25.4 Å². The monoisotopic (exact) mass is 407 g/mol. The quantitative estimate of drug-likeness (QED) is 0.480. The molecule has 0 atom stereocenters. The number of aromatic nitrogens is 2. The number of piperidine rings is 1. The number of likely N-dealkylation sites (tertiary alicyclic amines) is 1. The van der Waals surface area contributed by atoms with E-state index in [-0.39, 0.29) is 11.6 Å². The molecule has 5 rings (SSSR count). The molecule has 142 valence electrons. The lowest BCUT2D eigenvalue weighted by molar-refractivity contribution is 0.177. The molecular weight excluding hydrogens is 386 g/mol. The van der Waals surface area contributed by atoms with Gasteiger partial charge in [0.05, 0.1) is 5.52 Å². The Kier molecular flexibility index (Phi) is 4.62. The maximum Gasteiger partial charge on any atom is 0.272 e. The molecule has 0 unspecified atom stereocenters. The van der Waals surface area contributed by atoms with Crippen LogP contribution in [-0.2, 0) is 6.54 Å². The van der Waals surface area contributed by atoms with Crippen LogP contribution in [0.1, 0.15) is 24.4 Å². The maximum atomic E-state index is 13.3. The number of rotatable bonds is 3. The molecule has 0 saturated carbocycles. The number of benzene rings is 2. The Morgan fingerprint density at radius 2 is 1.75 bits per heavy atom. The van der Waals surface area contributed by atoms with E-state index in [0.29, 0.717) is 4.77 Å². The molecule has 1 aliphatic rings. The van der Waals surface area contributed by atoms with Gasteiger partial charge >= 0.3 is 0 Å². The van der Waals surface area contributed by atoms with Gasteiger partial charge < -0.3 is 4.98 Å². The largest absolute Gasteiger partial charge is 0.330 e. The van der Waals surface area contributed by atoms with Crippen LogP contribution in [0.3, 0.4) is 0 Å². The van der Waals surface area contributed by atoms with Gasteiger partial charge in [-0.25, -0.2) is 0 Å². The fourth-order valence-corrected chi connectivity index (χ4v) is 5.63. The van der Waals surface area contributed by atoms with Crippen molar-refractivity contribution in [1.29, 1.82) is 0 Å². The molecule has 1 aliphatic heterocycles. The van der Waals surface area contributed by atoms with E-state index >= 15 is 0 Å². The number of fused-ring (bicyclic) bond motifs is 3. The summed E-state index contributed by atoms with van der Waals surface area (Å²) in [7, 11) is 0. The maximum absolute atomic E-state index is 13.3. The molecule has 0 spiro atoms. The highest BCUT2D eigenvalue weighted by atomic mass is 32.1. The summed E-state index contributed by atoms with van der Waals surface area (Å²) in [6.07, 6.45) is 1.89. The van der Waals surface area contributed by atoms with Gasteiger partial charge in [-0.05, 0) is 36.7 Å². The Morgan fingerprint density at radius 1 is 1.04 bits per heavy atom. The zero-order valence-electron chi connectivity index (χ0n) is 15.4. The Morgan fingerprint density at radius 3 is 2.54 bits per heavy atom. The molecule has 6 heteroatoms. The highest BCUT2D eigenvalue weighted by molar-refractivity contribution is 7.71. The van der Waals surface area contributed by atoms with E-state index < -0.39 is 0 Å². The molecule has 0 bridgehead atoms. The van der Waals surface area contributed by atoms with Gasteiger partial charge in [0.25, 0.3) is 5.56 Å². The third-order valence-electron chi connectivity index (χ3n) is 5.63. The Balaban J connectivity index is 1.43. The minimum atomic E-state index is 0.0569. The summed E-state index contributed by atoms with van der Waals surface area (Å²) in [5.74, 6) is 0. The molecule has 3 heterocycles. The van der Waals surface area contributed by atoms with Gasteiger partial charge in [-0.3, -0.25) is 14.3 Å². The average Bonchev–Trinajstić information content (AvgIpc) is 3.09. The fourth-order valence-electron chi connectivity index (χ4n) is 4.20. The van der Waals surface area contributed by atoms with Gasteiger partial charge in [0.2, 0.25) is 0 Å². The van der Waals surface area contributed by atoms with Crippen molar-refractivity contribution in [1.82, 2.24) is 14.5 Å². The highest BCUT2D eigenvalue weighted by Crippen LogP contribution is 2.31. The van der Waals surface area contributed by atoms with Crippen molar-refractivity contribution < 1.29 is 0 Å². The molecule has 0 radical (unpaired) electrons. The summed E-state index contributed by atoms with van der Waals surface area (Å²) < 4.78 is 4.27. The number of nitrogens with zero attached hydrogens (tertiary/aromatic N) is 2. The lowest BCUT2D eigenvalue weighted by Crippen LogP contribution is -2.37. The third kappa shape index (κ3) is 3.11. The summed E-state index contributed by atoms with van der Waals surface area (Å²) in [5.41, 5.74) is 2.27. The van der Waals surface area contributed by atoms with E-state index in [4.69, 9.17) is 12.2 Å². The summed E-state index contributed by atoms with van der Waals surface area (Å²) in [4.78, 5) is 19.1. The van der Waals surface area contributed by atoms with Gasteiger partial charge in [-0.2, -0.15) is 0 Å². The molecule has 4 nitrogen and oxygen atoms in total. The van der Waals surface area contributed by atoms with Crippen LogP contribution in [0.2, 0.25) is 0 Å². The second-order valence-corrected chi connectivity index (χ2v) is 8.84. The number of aromatic amines is 1. The van der Waals surface area contributed by atoms with Crippen molar-refractivity contribution >= 4 is 43.9 Å². The lowest BCUT2D eigenvalue weighted by Gasteiger charge is -2.32. The predicted octanol–water partition coefficient (Wildman–Crippen LogP) is 5.11. The van der Waals surface area contributed by atoms with Gasteiger partial charge in [-0.1, -0.05) is 48.5 Å². The first-order valence-corrected chi connectivity index (χ1v) is 10.9. The van der Waals surface area contributed by atoms with Crippen LogP contribution in [-0.4, -0.2) is 27.5 Å². The van der Waals surface area contributed by atoms with Crippen molar-refractivity contribution in [2.24, 2.45) is 0 Å². The minimum absolute atomic E-state index is 0.0569. The Labute approximate surface area is 172 Å². The molecule has 0 amide bonds. The Bertz CT molecular complexity index is 1250. The smallest absolute Gasteiger partial charge is 0.272 e. The molecule has 1 N–H and O–H groups in total. The zero-order chi connectivity index (χ0) is 19.1. The van der Waals surface area contributed by atoms with Crippen LogP contribution in [0, 0.1) is 4.77 Å². The SMILES string of the molecule is O=c1c2sc3ccccc3c2[nH]c(=S)n1C1CCN(Cc2ccccc2)CC1. The van der Waals surface area contributed by atoms with Crippen LogP contribution in [0.15, 0.2) is 59.4 Å². The van der Waals surface area contributed by atoms with Crippen LogP contribution in [0.25, 0.3) is 20.3 Å². The first kappa shape index (κ1) is 17.8. The molecular formula is C22H21N3OS2. The molecule has 2 aromatic carbocycles. The van der Waals surface area contributed by atoms with Gasteiger partial charge in [0.1, 0.15) is 4.70 Å². The summed E-state index contributed by atoms with van der Waals surface area (Å²) >= 11 is 7.17. The number of hydrogen-bond acceptors (Lipinski definition) is 4. The normalized spacial score (nSPS) is 16.1. The molecule has 1 fully saturated rings. The van der Waals surface area contributed by atoms with E-state index in [1.807, 2.05) is 28.8 Å². The Hall–Kier alpha value is -2.28. The first-order chi connectivity index (χ1) is 13.7. The summed E-state index contributed by atoms with van der Waals surface area (Å²) in [5, 5.41) is 1.08. The van der Waals surface area contributed by atoms with Crippen LogP contribution < -0.4 is 5.56 Å². The summed E-state index contributed by atoms with van der Waals surface area (Å²) in [6.45, 7) is 2.92. The number of hydrogen-bond donors (Lipinski definition) is 1. The minimum Gasteiger partial charge on any atom is -0.330 e. The third-order valence-corrected chi connectivity index (χ3v) is 7.09. The topological polar surface area (TPSA) is 41.0 Å². The van der Waals surface area contributed by atoms with Crippen LogP contribution >= 0.6 is 23.6 Å². The van der Waals surface area contributed by atoms with Crippen LogP contribution in [0.5, 0.6) is 0 Å². The van der Waals surface area contributed by atoms with Crippen LogP contribution in [0.4, 0.5) is 0 Å². The van der Waals surface area contributed by atoms with E-state index in [1.165, 1.54) is 5.56 Å². The number of thiophene rings is 1. The molecule has 4 aromatic rings. The average molecular weight is 408 g/mol. The van der Waals surface area contributed by atoms with Gasteiger partial charge in [0, 0.05) is 35.8 Å². The van der Waals surface area contributed by atoms with Crippen molar-refractivity contribution in [2.75, 3.05) is 13.1 Å². The fraction of sp³-hybridized carbons (Fsp3) is 0.273. The highest BCUT2D eigenvalue weighted by Gasteiger charge is 2.23. The van der Waals surface area contributed by atoms with Gasteiger partial charge in [-0.15, -0.1) is 11.3 Å². The molecule has 1 saturated heterocycles. The van der Waals surface area contributed by atoms with E-state index in [9.17, 15) is 4.79 Å². The van der Waals surface area contributed by atoms with Crippen molar-refractivity contribution in [3.05, 3.63) is 75.3 Å². The molecule has 28 heavy (non-hydrogen) atoms. The number of nitrogens with one attached hydrogen (secondary N) is 1. The van der Waals surface area contributed by atoms with E-state index in [0.717, 1.165) is 52.8 Å². The number of H-pyrrole nitrogens is 1. The standard InChI is InChI=1S/C22H21N3OS2/c26-21-20-19(17-8-4-5-9-18(17)28-20)23-22(27)25(21)16-10-12-24(13-11-16)14-15-6-2-1-3-7-15/h1-9,16H,10-14H2,(H,23,27). The van der Waals surface area contributed by atoms with E-state index in [2.05, 4.69) is 40.2 Å². The molecule has 2 aromatic heterocycles. The van der Waals surface area contributed by atoms with E-state index in [1.54, 1.807) is 11.3 Å². The lowest BCUT2D eigenvalue weighted by atomic mass is 10.0. The van der Waals surface area contributed by atoms with Crippen molar-refractivity contribution in [3.63, 3.8) is 0 Å². The molecule has 0 aliphatic carbocycles. The second-order valence-electron chi connectivity index (χ2n) is 7.40. The predicted molar refractivity (Wildman–Crippen MR) is 119 cm³/mol. The second kappa shape index (κ2) is 7.28. The van der Waals surface area contributed by atoms with Gasteiger partial charge in [0.15, 0.2) is 4.77 Å². The first-order valence-electron chi connectivity index (χ1n) is 9.63. The summed E-state index contributed by atoms with van der Waals surface area (Å²) in [6, 6.07) is 18.8. The zero-order valence-corrected chi connectivity index (χ0v) is 17.1. The van der Waals surface area contributed by atoms with Crippen molar-refractivity contribution in [3.8, 4) is 0 Å².